The zero-order valence-electron chi connectivity index (χ0n) is 12.9. The van der Waals surface area contributed by atoms with Gasteiger partial charge in [-0.2, -0.15) is 5.26 Å². The summed E-state index contributed by atoms with van der Waals surface area (Å²) in [6, 6.07) is 6.73. The maximum atomic E-state index is 8.49. The second-order valence-electron chi connectivity index (χ2n) is 5.39. The molecule has 0 saturated carbocycles. The van der Waals surface area contributed by atoms with Crippen LogP contribution in [0.2, 0.25) is 0 Å². The van der Waals surface area contributed by atoms with Crippen LogP contribution >= 0.6 is 0 Å². The predicted molar refractivity (Wildman–Crippen MR) is 82.8 cm³/mol. The predicted octanol–water partition coefficient (Wildman–Crippen LogP) is 3.66. The molecule has 1 aromatic rings. The number of hydrogen-bond acceptors (Lipinski definition) is 3. The van der Waals surface area contributed by atoms with Crippen LogP contribution < -0.4 is 10.5 Å². The number of nitrogens with zero attached hydrogens (tertiary/aromatic N) is 1. The van der Waals surface area contributed by atoms with E-state index in [2.05, 4.69) is 39.0 Å². The quantitative estimate of drug-likeness (QED) is 0.736. The van der Waals surface area contributed by atoms with Crippen LogP contribution in [0.25, 0.3) is 0 Å². The number of rotatable bonds is 8. The van der Waals surface area contributed by atoms with E-state index in [0.717, 1.165) is 31.4 Å². The summed E-state index contributed by atoms with van der Waals surface area (Å²) in [5.41, 5.74) is 9.64. The van der Waals surface area contributed by atoms with Gasteiger partial charge in [0, 0.05) is 12.5 Å². The molecule has 0 fully saturated rings. The number of unbranched alkanes of at least 4 members (excludes halogenated alkanes) is 2. The van der Waals surface area contributed by atoms with Crippen molar-refractivity contribution in [3.05, 3.63) is 28.8 Å². The van der Waals surface area contributed by atoms with E-state index >= 15 is 0 Å². The standard InChI is InChI=1S/C17H26N2O/c1-4-16(19)12-15-10-13(2)17(14(3)11-15)20-9-7-5-6-8-18/h10-11,16H,4-7,9,12,19H2,1-3H3. The van der Waals surface area contributed by atoms with Crippen molar-refractivity contribution < 1.29 is 4.74 Å². The lowest BCUT2D eigenvalue weighted by molar-refractivity contribution is 0.303. The second kappa shape index (κ2) is 8.60. The van der Waals surface area contributed by atoms with E-state index in [1.165, 1.54) is 16.7 Å². The third-order valence-corrected chi connectivity index (χ3v) is 3.47. The molecule has 0 amide bonds. The van der Waals surface area contributed by atoms with E-state index < -0.39 is 0 Å². The van der Waals surface area contributed by atoms with Crippen LogP contribution in [0.3, 0.4) is 0 Å². The number of aryl methyl sites for hydroxylation is 2. The topological polar surface area (TPSA) is 59.0 Å². The molecule has 3 heteroatoms. The van der Waals surface area contributed by atoms with Crippen LogP contribution in [0.15, 0.2) is 12.1 Å². The van der Waals surface area contributed by atoms with Gasteiger partial charge in [-0.3, -0.25) is 0 Å². The normalized spacial score (nSPS) is 11.9. The molecule has 110 valence electrons. The summed E-state index contributed by atoms with van der Waals surface area (Å²) in [5.74, 6) is 0.982. The molecule has 0 spiro atoms. The van der Waals surface area contributed by atoms with Gasteiger partial charge in [0.15, 0.2) is 0 Å². The first kappa shape index (κ1) is 16.5. The van der Waals surface area contributed by atoms with Gasteiger partial charge in [0.05, 0.1) is 12.7 Å². The van der Waals surface area contributed by atoms with Crippen molar-refractivity contribution in [1.29, 1.82) is 5.26 Å². The van der Waals surface area contributed by atoms with Crippen LogP contribution in [0.1, 0.15) is 49.3 Å². The fourth-order valence-electron chi connectivity index (χ4n) is 2.31. The molecule has 1 rings (SSSR count). The maximum Gasteiger partial charge on any atom is 0.125 e. The van der Waals surface area contributed by atoms with Gasteiger partial charge < -0.3 is 10.5 Å². The Labute approximate surface area is 122 Å². The van der Waals surface area contributed by atoms with Crippen molar-refractivity contribution in [3.63, 3.8) is 0 Å². The van der Waals surface area contributed by atoms with Crippen LogP contribution in [0.4, 0.5) is 0 Å². The van der Waals surface area contributed by atoms with Gasteiger partial charge in [-0.05, 0) is 56.2 Å². The van der Waals surface area contributed by atoms with E-state index in [-0.39, 0.29) is 6.04 Å². The third kappa shape index (κ3) is 5.22. The first-order chi connectivity index (χ1) is 9.58. The zero-order chi connectivity index (χ0) is 15.0. The van der Waals surface area contributed by atoms with E-state index in [0.29, 0.717) is 13.0 Å². The highest BCUT2D eigenvalue weighted by Crippen LogP contribution is 2.25. The van der Waals surface area contributed by atoms with Crippen molar-refractivity contribution in [2.75, 3.05) is 6.61 Å². The molecule has 0 aliphatic carbocycles. The Kier molecular flexibility index (Phi) is 7.11. The molecule has 0 aliphatic rings. The van der Waals surface area contributed by atoms with E-state index in [9.17, 15) is 0 Å². The van der Waals surface area contributed by atoms with Crippen LogP contribution in [0, 0.1) is 25.2 Å². The van der Waals surface area contributed by atoms with Gasteiger partial charge in [0.1, 0.15) is 5.75 Å². The molecule has 0 aliphatic heterocycles. The van der Waals surface area contributed by atoms with E-state index in [1.54, 1.807) is 0 Å². The highest BCUT2D eigenvalue weighted by Gasteiger charge is 2.08. The molecule has 2 N–H and O–H groups in total. The average Bonchev–Trinajstić information content (AvgIpc) is 2.41. The van der Waals surface area contributed by atoms with Crippen LogP contribution in [0.5, 0.6) is 5.75 Å². The Morgan fingerprint density at radius 2 is 1.90 bits per heavy atom. The van der Waals surface area contributed by atoms with Gasteiger partial charge in [-0.15, -0.1) is 0 Å². The highest BCUT2D eigenvalue weighted by atomic mass is 16.5. The lowest BCUT2D eigenvalue weighted by Crippen LogP contribution is -2.21. The average molecular weight is 274 g/mol. The molecule has 1 aromatic carbocycles. The summed E-state index contributed by atoms with van der Waals surface area (Å²) in [5, 5.41) is 8.49. The zero-order valence-corrected chi connectivity index (χ0v) is 12.9. The molecule has 20 heavy (non-hydrogen) atoms. The fraction of sp³-hybridized carbons (Fsp3) is 0.588. The molecule has 0 radical (unpaired) electrons. The Bertz CT molecular complexity index is 440. The molecule has 0 heterocycles. The minimum atomic E-state index is 0.228. The van der Waals surface area contributed by atoms with Gasteiger partial charge in [-0.1, -0.05) is 19.1 Å². The summed E-state index contributed by atoms with van der Waals surface area (Å²) in [6.07, 6.45) is 4.35. The third-order valence-electron chi connectivity index (χ3n) is 3.47. The number of benzene rings is 1. The molecular weight excluding hydrogens is 248 g/mol. The SMILES string of the molecule is CCC(N)Cc1cc(C)c(OCCCCC#N)c(C)c1. The lowest BCUT2D eigenvalue weighted by atomic mass is 9.99. The van der Waals surface area contributed by atoms with Gasteiger partial charge >= 0.3 is 0 Å². The van der Waals surface area contributed by atoms with Gasteiger partial charge in [-0.25, -0.2) is 0 Å². The summed E-state index contributed by atoms with van der Waals surface area (Å²) >= 11 is 0. The number of ether oxygens (including phenoxy) is 1. The first-order valence-corrected chi connectivity index (χ1v) is 7.44. The first-order valence-electron chi connectivity index (χ1n) is 7.44. The van der Waals surface area contributed by atoms with Crippen molar-refractivity contribution >= 4 is 0 Å². The number of hydrogen-bond donors (Lipinski definition) is 1. The molecule has 0 aromatic heterocycles. The van der Waals surface area contributed by atoms with Crippen molar-refractivity contribution in [1.82, 2.24) is 0 Å². The Morgan fingerprint density at radius 1 is 1.25 bits per heavy atom. The molecule has 1 atom stereocenters. The summed E-state index contributed by atoms with van der Waals surface area (Å²) in [4.78, 5) is 0. The molecule has 0 saturated heterocycles. The number of nitrogens with two attached hydrogens (primary N) is 1. The van der Waals surface area contributed by atoms with Crippen LogP contribution in [-0.4, -0.2) is 12.6 Å². The van der Waals surface area contributed by atoms with E-state index in [1.807, 2.05) is 0 Å². The van der Waals surface area contributed by atoms with Crippen molar-refractivity contribution in [3.8, 4) is 11.8 Å². The minimum Gasteiger partial charge on any atom is -0.493 e. The highest BCUT2D eigenvalue weighted by molar-refractivity contribution is 5.43. The van der Waals surface area contributed by atoms with E-state index in [4.69, 9.17) is 15.7 Å². The molecule has 1 unspecified atom stereocenters. The lowest BCUT2D eigenvalue weighted by Gasteiger charge is -2.15. The maximum absolute atomic E-state index is 8.49. The summed E-state index contributed by atoms with van der Waals surface area (Å²) in [6.45, 7) is 6.96. The fourth-order valence-corrected chi connectivity index (χ4v) is 2.31. The molecular formula is C17H26N2O. The van der Waals surface area contributed by atoms with Gasteiger partial charge in [0.2, 0.25) is 0 Å². The summed E-state index contributed by atoms with van der Waals surface area (Å²) < 4.78 is 5.86. The minimum absolute atomic E-state index is 0.228. The molecule has 3 nitrogen and oxygen atoms in total. The monoisotopic (exact) mass is 274 g/mol. The Hall–Kier alpha value is -1.53. The van der Waals surface area contributed by atoms with Crippen molar-refractivity contribution in [2.24, 2.45) is 5.73 Å². The van der Waals surface area contributed by atoms with Crippen LogP contribution in [-0.2, 0) is 6.42 Å². The second-order valence-corrected chi connectivity index (χ2v) is 5.39. The smallest absolute Gasteiger partial charge is 0.125 e. The Morgan fingerprint density at radius 3 is 2.45 bits per heavy atom. The van der Waals surface area contributed by atoms with Gasteiger partial charge in [0.25, 0.3) is 0 Å². The van der Waals surface area contributed by atoms with Crippen molar-refractivity contribution in [2.45, 2.75) is 58.9 Å². The summed E-state index contributed by atoms with van der Waals surface area (Å²) in [7, 11) is 0. The largest absolute Gasteiger partial charge is 0.493 e. The molecule has 0 bridgehead atoms. The Balaban J connectivity index is 2.62. The number of nitriles is 1.